The second kappa shape index (κ2) is 10.3. The summed E-state index contributed by atoms with van der Waals surface area (Å²) in [6.45, 7) is 2.49. The van der Waals surface area contributed by atoms with Crippen LogP contribution in [-0.2, 0) is 9.59 Å². The van der Waals surface area contributed by atoms with E-state index >= 15 is 0 Å². The minimum Gasteiger partial charge on any atom is -0.494 e. The monoisotopic (exact) mass is 485 g/mol. The summed E-state index contributed by atoms with van der Waals surface area (Å²) in [6, 6.07) is 11.6. The summed E-state index contributed by atoms with van der Waals surface area (Å²) in [5.41, 5.74) is -0.398. The van der Waals surface area contributed by atoms with Crippen LogP contribution in [-0.4, -0.2) is 41.4 Å². The highest BCUT2D eigenvalue weighted by Crippen LogP contribution is 2.35. The van der Waals surface area contributed by atoms with Gasteiger partial charge in [-0.05, 0) is 62.2 Å². The minimum absolute atomic E-state index is 0.00783. The van der Waals surface area contributed by atoms with Crippen LogP contribution in [0.2, 0.25) is 5.02 Å². The molecule has 34 heavy (non-hydrogen) atoms. The number of nitrogens with zero attached hydrogens (tertiary/aromatic N) is 1. The van der Waals surface area contributed by atoms with Gasteiger partial charge in [0.1, 0.15) is 17.0 Å². The zero-order chi connectivity index (χ0) is 24.1. The van der Waals surface area contributed by atoms with Crippen LogP contribution in [0, 0.1) is 0 Å². The molecule has 8 nitrogen and oxygen atoms in total. The van der Waals surface area contributed by atoms with E-state index in [9.17, 15) is 14.4 Å². The van der Waals surface area contributed by atoms with Gasteiger partial charge < -0.3 is 20.1 Å². The number of amides is 4. The summed E-state index contributed by atoms with van der Waals surface area (Å²) in [7, 11) is 0. The molecule has 0 unspecified atom stereocenters. The van der Waals surface area contributed by atoms with Crippen molar-refractivity contribution in [1.82, 2.24) is 10.2 Å². The van der Waals surface area contributed by atoms with Gasteiger partial charge in [0.2, 0.25) is 5.91 Å². The van der Waals surface area contributed by atoms with Crippen molar-refractivity contribution in [2.75, 3.05) is 18.5 Å². The molecule has 1 heterocycles. The molecule has 1 spiro atoms. The SMILES string of the molecule is CCOc1ccc(Oc2ccc(Cl)cc2NC(=O)CCN2C(=O)NC3(CCCCC3)C2=O)cc1. The lowest BCUT2D eigenvalue weighted by molar-refractivity contribution is -0.132. The van der Waals surface area contributed by atoms with Gasteiger partial charge in [0.25, 0.3) is 5.91 Å². The number of halogens is 1. The first kappa shape index (κ1) is 23.9. The second-order valence-electron chi connectivity index (χ2n) is 8.47. The molecule has 180 valence electrons. The van der Waals surface area contributed by atoms with E-state index in [0.717, 1.165) is 29.9 Å². The number of rotatable bonds is 8. The summed E-state index contributed by atoms with van der Waals surface area (Å²) in [6.07, 6.45) is 4.14. The first-order chi connectivity index (χ1) is 16.4. The average Bonchev–Trinajstić information content (AvgIpc) is 3.04. The zero-order valence-electron chi connectivity index (χ0n) is 19.1. The Hall–Kier alpha value is -3.26. The predicted molar refractivity (Wildman–Crippen MR) is 128 cm³/mol. The molecule has 1 aliphatic carbocycles. The van der Waals surface area contributed by atoms with E-state index in [1.54, 1.807) is 42.5 Å². The lowest BCUT2D eigenvalue weighted by atomic mass is 9.82. The summed E-state index contributed by atoms with van der Waals surface area (Å²) < 4.78 is 11.4. The molecular formula is C25H28ClN3O5. The highest BCUT2D eigenvalue weighted by molar-refractivity contribution is 6.31. The van der Waals surface area contributed by atoms with E-state index in [4.69, 9.17) is 21.1 Å². The Morgan fingerprint density at radius 1 is 1.09 bits per heavy atom. The van der Waals surface area contributed by atoms with E-state index in [0.29, 0.717) is 41.7 Å². The van der Waals surface area contributed by atoms with Crippen LogP contribution in [0.4, 0.5) is 10.5 Å². The molecule has 9 heteroatoms. The van der Waals surface area contributed by atoms with Crippen molar-refractivity contribution in [2.45, 2.75) is 51.0 Å². The summed E-state index contributed by atoms with van der Waals surface area (Å²) >= 11 is 6.13. The number of carbonyl (C=O) groups is 3. The van der Waals surface area contributed by atoms with Crippen molar-refractivity contribution in [2.24, 2.45) is 0 Å². The first-order valence-electron chi connectivity index (χ1n) is 11.5. The average molecular weight is 486 g/mol. The lowest BCUT2D eigenvalue weighted by Crippen LogP contribution is -2.48. The smallest absolute Gasteiger partial charge is 0.325 e. The molecule has 4 rings (SSSR count). The maximum absolute atomic E-state index is 12.9. The molecule has 2 aromatic carbocycles. The van der Waals surface area contributed by atoms with Crippen LogP contribution in [0.15, 0.2) is 42.5 Å². The first-order valence-corrected chi connectivity index (χ1v) is 11.9. The van der Waals surface area contributed by atoms with E-state index in [1.807, 2.05) is 6.92 Å². The normalized spacial score (nSPS) is 16.9. The maximum atomic E-state index is 12.9. The number of benzene rings is 2. The van der Waals surface area contributed by atoms with Crippen LogP contribution >= 0.6 is 11.6 Å². The third-order valence-corrected chi connectivity index (χ3v) is 6.33. The van der Waals surface area contributed by atoms with Gasteiger partial charge in [0, 0.05) is 18.0 Å². The third kappa shape index (κ3) is 5.28. The van der Waals surface area contributed by atoms with E-state index < -0.39 is 11.6 Å². The Kier molecular flexibility index (Phi) is 7.26. The number of urea groups is 1. The maximum Gasteiger partial charge on any atom is 0.325 e. The summed E-state index contributed by atoms with van der Waals surface area (Å²) in [5.74, 6) is 1.13. The Balaban J connectivity index is 1.38. The molecule has 2 fully saturated rings. The second-order valence-corrected chi connectivity index (χ2v) is 8.91. The number of hydrogen-bond acceptors (Lipinski definition) is 5. The van der Waals surface area contributed by atoms with Gasteiger partial charge in [-0.25, -0.2) is 4.79 Å². The van der Waals surface area contributed by atoms with Crippen molar-refractivity contribution >= 4 is 35.1 Å². The lowest BCUT2D eigenvalue weighted by Gasteiger charge is -2.30. The Labute approximate surface area is 203 Å². The fraction of sp³-hybridized carbons (Fsp3) is 0.400. The number of imide groups is 1. The fourth-order valence-electron chi connectivity index (χ4n) is 4.39. The van der Waals surface area contributed by atoms with Crippen molar-refractivity contribution < 1.29 is 23.9 Å². The number of hydrogen-bond donors (Lipinski definition) is 2. The minimum atomic E-state index is -0.794. The van der Waals surface area contributed by atoms with Gasteiger partial charge in [0.15, 0.2) is 5.75 Å². The number of carbonyl (C=O) groups excluding carboxylic acids is 3. The standard InChI is InChI=1S/C25H28ClN3O5/c1-2-33-18-7-9-19(10-8-18)34-21-11-6-17(26)16-20(21)27-22(30)12-15-29-23(31)25(28-24(29)32)13-4-3-5-14-25/h6-11,16H,2-5,12-15H2,1H3,(H,27,30)(H,28,32). The highest BCUT2D eigenvalue weighted by Gasteiger charge is 2.51. The molecule has 0 atom stereocenters. The topological polar surface area (TPSA) is 97.0 Å². The molecule has 2 aromatic rings. The molecule has 1 saturated heterocycles. The molecule has 0 bridgehead atoms. The van der Waals surface area contributed by atoms with Gasteiger partial charge in [-0.15, -0.1) is 0 Å². The highest BCUT2D eigenvalue weighted by atomic mass is 35.5. The molecule has 4 amide bonds. The summed E-state index contributed by atoms with van der Waals surface area (Å²) in [4.78, 5) is 39.1. The van der Waals surface area contributed by atoms with Crippen LogP contribution in [0.25, 0.3) is 0 Å². The van der Waals surface area contributed by atoms with E-state index in [2.05, 4.69) is 10.6 Å². The summed E-state index contributed by atoms with van der Waals surface area (Å²) in [5, 5.41) is 6.08. The Morgan fingerprint density at radius 3 is 2.50 bits per heavy atom. The third-order valence-electron chi connectivity index (χ3n) is 6.09. The largest absolute Gasteiger partial charge is 0.494 e. The molecule has 2 N–H and O–H groups in total. The van der Waals surface area contributed by atoms with Gasteiger partial charge in [0.05, 0.1) is 12.3 Å². The van der Waals surface area contributed by atoms with Crippen molar-refractivity contribution in [3.05, 3.63) is 47.5 Å². The molecule has 1 saturated carbocycles. The van der Waals surface area contributed by atoms with Gasteiger partial charge in [-0.1, -0.05) is 30.9 Å². The number of ether oxygens (including phenoxy) is 2. The van der Waals surface area contributed by atoms with Crippen LogP contribution in [0.5, 0.6) is 17.2 Å². The molecular weight excluding hydrogens is 458 g/mol. The number of anilines is 1. The van der Waals surface area contributed by atoms with Gasteiger partial charge in [-0.3, -0.25) is 14.5 Å². The van der Waals surface area contributed by atoms with Crippen LogP contribution in [0.3, 0.4) is 0 Å². The Bertz CT molecular complexity index is 1070. The quantitative estimate of drug-likeness (QED) is 0.506. The molecule has 0 aromatic heterocycles. The fourth-order valence-corrected chi connectivity index (χ4v) is 4.56. The van der Waals surface area contributed by atoms with Crippen molar-refractivity contribution in [3.63, 3.8) is 0 Å². The molecule has 2 aliphatic rings. The predicted octanol–water partition coefficient (Wildman–Crippen LogP) is 5.11. The van der Waals surface area contributed by atoms with Crippen molar-refractivity contribution in [1.29, 1.82) is 0 Å². The zero-order valence-corrected chi connectivity index (χ0v) is 19.8. The van der Waals surface area contributed by atoms with Gasteiger partial charge >= 0.3 is 6.03 Å². The van der Waals surface area contributed by atoms with Crippen LogP contribution < -0.4 is 20.1 Å². The number of nitrogens with one attached hydrogen (secondary N) is 2. The van der Waals surface area contributed by atoms with Crippen LogP contribution in [0.1, 0.15) is 45.4 Å². The van der Waals surface area contributed by atoms with Gasteiger partial charge in [-0.2, -0.15) is 0 Å². The van der Waals surface area contributed by atoms with E-state index in [1.165, 1.54) is 0 Å². The van der Waals surface area contributed by atoms with Crippen molar-refractivity contribution in [3.8, 4) is 17.2 Å². The molecule has 0 radical (unpaired) electrons. The van der Waals surface area contributed by atoms with E-state index in [-0.39, 0.29) is 24.8 Å². The molecule has 1 aliphatic heterocycles. The Morgan fingerprint density at radius 2 is 1.79 bits per heavy atom.